The van der Waals surface area contributed by atoms with Crippen LogP contribution in [0.5, 0.6) is 11.6 Å². The highest BCUT2D eigenvalue weighted by atomic mass is 16.6. The summed E-state index contributed by atoms with van der Waals surface area (Å²) in [5.41, 5.74) is 2.64. The zero-order valence-electron chi connectivity index (χ0n) is 19.2. The first-order valence-corrected chi connectivity index (χ1v) is 10.8. The number of hydrogen-bond acceptors (Lipinski definition) is 5. The fourth-order valence-electron chi connectivity index (χ4n) is 3.54. The number of fused-ring (bicyclic) bond motifs is 2. The second-order valence-corrected chi connectivity index (χ2v) is 8.92. The van der Waals surface area contributed by atoms with E-state index in [0.29, 0.717) is 23.7 Å². The SMILES string of the molecule is CC(=O)NCCc1ccc2nc(Oc3ccc4[nH]cc(C(=O)OC(C)(C)C)c4c3)ccc2c1. The van der Waals surface area contributed by atoms with Gasteiger partial charge in [0.15, 0.2) is 0 Å². The number of carbonyl (C=O) groups excluding carboxylic acids is 2. The fourth-order valence-corrected chi connectivity index (χ4v) is 3.54. The molecule has 0 spiro atoms. The summed E-state index contributed by atoms with van der Waals surface area (Å²) >= 11 is 0. The van der Waals surface area contributed by atoms with Gasteiger partial charge in [0, 0.05) is 42.0 Å². The molecule has 0 aliphatic rings. The Morgan fingerprint density at radius 3 is 2.64 bits per heavy atom. The third kappa shape index (κ3) is 5.49. The number of pyridine rings is 1. The summed E-state index contributed by atoms with van der Waals surface area (Å²) in [7, 11) is 0. The second-order valence-electron chi connectivity index (χ2n) is 8.92. The van der Waals surface area contributed by atoms with Crippen molar-refractivity contribution >= 4 is 33.7 Å². The molecule has 170 valence electrons. The molecule has 4 rings (SSSR count). The van der Waals surface area contributed by atoms with Crippen LogP contribution >= 0.6 is 0 Å². The van der Waals surface area contributed by atoms with E-state index in [1.807, 2.05) is 63.2 Å². The number of aromatic amines is 1. The zero-order valence-corrected chi connectivity index (χ0v) is 19.2. The van der Waals surface area contributed by atoms with Gasteiger partial charge in [0.05, 0.1) is 11.1 Å². The number of ether oxygens (including phenoxy) is 2. The van der Waals surface area contributed by atoms with Crippen LogP contribution in [0.3, 0.4) is 0 Å². The van der Waals surface area contributed by atoms with Crippen molar-refractivity contribution in [2.45, 2.75) is 39.7 Å². The highest BCUT2D eigenvalue weighted by Gasteiger charge is 2.21. The first-order chi connectivity index (χ1) is 15.7. The minimum absolute atomic E-state index is 0.0321. The highest BCUT2D eigenvalue weighted by Crippen LogP contribution is 2.29. The van der Waals surface area contributed by atoms with Crippen LogP contribution in [0, 0.1) is 0 Å². The molecule has 0 saturated carbocycles. The van der Waals surface area contributed by atoms with Crippen molar-refractivity contribution in [3.05, 3.63) is 65.9 Å². The Balaban J connectivity index is 1.53. The van der Waals surface area contributed by atoms with Crippen molar-refractivity contribution in [2.75, 3.05) is 6.54 Å². The molecule has 0 saturated heterocycles. The van der Waals surface area contributed by atoms with Crippen molar-refractivity contribution in [3.63, 3.8) is 0 Å². The van der Waals surface area contributed by atoms with Crippen molar-refractivity contribution in [1.29, 1.82) is 0 Å². The Morgan fingerprint density at radius 1 is 1.06 bits per heavy atom. The molecule has 7 nitrogen and oxygen atoms in total. The molecule has 0 unspecified atom stereocenters. The van der Waals surface area contributed by atoms with Crippen LogP contribution in [0.1, 0.15) is 43.6 Å². The number of rotatable bonds is 6. The van der Waals surface area contributed by atoms with E-state index in [1.54, 1.807) is 6.20 Å². The van der Waals surface area contributed by atoms with Gasteiger partial charge in [-0.05, 0) is 69.2 Å². The topological polar surface area (TPSA) is 93.3 Å². The molecule has 2 aromatic carbocycles. The summed E-state index contributed by atoms with van der Waals surface area (Å²) in [6, 6.07) is 15.3. The van der Waals surface area contributed by atoms with Crippen molar-refractivity contribution in [3.8, 4) is 11.6 Å². The van der Waals surface area contributed by atoms with Crippen LogP contribution in [-0.2, 0) is 16.0 Å². The molecule has 2 aromatic heterocycles. The van der Waals surface area contributed by atoms with Crippen molar-refractivity contribution in [1.82, 2.24) is 15.3 Å². The number of H-pyrrole nitrogens is 1. The molecule has 1 amide bonds. The molecule has 4 aromatic rings. The first-order valence-electron chi connectivity index (χ1n) is 10.8. The molecular formula is C26H27N3O4. The maximum atomic E-state index is 12.6. The highest BCUT2D eigenvalue weighted by molar-refractivity contribution is 6.04. The van der Waals surface area contributed by atoms with Crippen molar-refractivity contribution in [2.24, 2.45) is 0 Å². The van der Waals surface area contributed by atoms with Crippen LogP contribution < -0.4 is 10.1 Å². The van der Waals surface area contributed by atoms with Crippen LogP contribution in [-0.4, -0.2) is 34.0 Å². The minimum Gasteiger partial charge on any atom is -0.456 e. The summed E-state index contributed by atoms with van der Waals surface area (Å²) in [4.78, 5) is 31.3. The number of benzene rings is 2. The maximum Gasteiger partial charge on any atom is 0.340 e. The molecule has 7 heteroatoms. The number of hydrogen-bond donors (Lipinski definition) is 2. The van der Waals surface area contributed by atoms with E-state index in [4.69, 9.17) is 9.47 Å². The number of amides is 1. The Morgan fingerprint density at radius 2 is 1.88 bits per heavy atom. The van der Waals surface area contributed by atoms with Gasteiger partial charge in [-0.15, -0.1) is 0 Å². The number of esters is 1. The van der Waals surface area contributed by atoms with E-state index < -0.39 is 5.60 Å². The van der Waals surface area contributed by atoms with Gasteiger partial charge in [-0.3, -0.25) is 4.79 Å². The molecule has 0 bridgehead atoms. The molecule has 0 aliphatic heterocycles. The van der Waals surface area contributed by atoms with Gasteiger partial charge in [0.25, 0.3) is 0 Å². The van der Waals surface area contributed by atoms with E-state index in [2.05, 4.69) is 21.4 Å². The lowest BCUT2D eigenvalue weighted by Gasteiger charge is -2.19. The summed E-state index contributed by atoms with van der Waals surface area (Å²) in [6.07, 6.45) is 2.41. The Labute approximate surface area is 192 Å². The molecule has 0 radical (unpaired) electrons. The monoisotopic (exact) mass is 445 g/mol. The van der Waals surface area contributed by atoms with Gasteiger partial charge in [-0.1, -0.05) is 6.07 Å². The Bertz CT molecular complexity index is 1330. The van der Waals surface area contributed by atoms with Crippen LogP contribution in [0.15, 0.2) is 54.7 Å². The van der Waals surface area contributed by atoms with Gasteiger partial charge >= 0.3 is 5.97 Å². The largest absolute Gasteiger partial charge is 0.456 e. The smallest absolute Gasteiger partial charge is 0.340 e. The molecule has 2 N–H and O–H groups in total. The van der Waals surface area contributed by atoms with Crippen molar-refractivity contribution < 1.29 is 19.1 Å². The van der Waals surface area contributed by atoms with E-state index >= 15 is 0 Å². The van der Waals surface area contributed by atoms with Crippen LogP contribution in [0.4, 0.5) is 0 Å². The third-order valence-electron chi connectivity index (χ3n) is 5.01. The number of nitrogens with zero attached hydrogens (tertiary/aromatic N) is 1. The minimum atomic E-state index is -0.576. The van der Waals surface area contributed by atoms with Gasteiger partial charge in [-0.25, -0.2) is 9.78 Å². The van der Waals surface area contributed by atoms with E-state index in [1.165, 1.54) is 6.92 Å². The lowest BCUT2D eigenvalue weighted by Crippen LogP contribution is -2.23. The Hall–Kier alpha value is -3.87. The number of aromatic nitrogens is 2. The molecule has 0 fully saturated rings. The predicted octanol–water partition coefficient (Wildman–Crippen LogP) is 5.14. The summed E-state index contributed by atoms with van der Waals surface area (Å²) in [5, 5.41) is 4.53. The fraction of sp³-hybridized carbons (Fsp3) is 0.269. The van der Waals surface area contributed by atoms with Gasteiger partial charge in [0.2, 0.25) is 11.8 Å². The molecule has 0 atom stereocenters. The average Bonchev–Trinajstić information content (AvgIpc) is 3.16. The van der Waals surface area contributed by atoms with E-state index in [0.717, 1.165) is 33.8 Å². The first kappa shape index (κ1) is 22.3. The summed E-state index contributed by atoms with van der Waals surface area (Å²) in [5.74, 6) is 0.618. The average molecular weight is 446 g/mol. The third-order valence-corrected chi connectivity index (χ3v) is 5.01. The standard InChI is InChI=1S/C26H27N3O4/c1-16(30)27-12-11-17-5-8-22-18(13-17)6-10-24(29-22)32-19-7-9-23-20(14-19)21(15-28-23)25(31)33-26(2,3)4/h5-10,13-15,28H,11-12H2,1-4H3,(H,27,30). The lowest BCUT2D eigenvalue weighted by atomic mass is 10.1. The molecular weight excluding hydrogens is 418 g/mol. The number of nitrogens with one attached hydrogen (secondary N) is 2. The predicted molar refractivity (Wildman–Crippen MR) is 128 cm³/mol. The normalized spacial score (nSPS) is 11.5. The van der Waals surface area contributed by atoms with Crippen LogP contribution in [0.25, 0.3) is 21.8 Å². The van der Waals surface area contributed by atoms with Gasteiger partial charge in [0.1, 0.15) is 11.4 Å². The lowest BCUT2D eigenvalue weighted by molar-refractivity contribution is -0.118. The van der Waals surface area contributed by atoms with E-state index in [9.17, 15) is 9.59 Å². The second kappa shape index (κ2) is 8.94. The molecule has 0 aliphatic carbocycles. The van der Waals surface area contributed by atoms with E-state index in [-0.39, 0.29) is 11.9 Å². The Kier molecular flexibility index (Phi) is 6.05. The summed E-state index contributed by atoms with van der Waals surface area (Å²) in [6.45, 7) is 7.63. The maximum absolute atomic E-state index is 12.6. The van der Waals surface area contributed by atoms with Crippen LogP contribution in [0.2, 0.25) is 0 Å². The quantitative estimate of drug-likeness (QED) is 0.401. The van der Waals surface area contributed by atoms with Gasteiger partial charge < -0.3 is 19.8 Å². The zero-order chi connectivity index (χ0) is 23.6. The summed E-state index contributed by atoms with van der Waals surface area (Å²) < 4.78 is 11.5. The van der Waals surface area contributed by atoms with Gasteiger partial charge in [-0.2, -0.15) is 0 Å². The molecule has 33 heavy (non-hydrogen) atoms. The molecule has 2 heterocycles. The number of carbonyl (C=O) groups is 2.